The van der Waals surface area contributed by atoms with Gasteiger partial charge in [0.25, 0.3) is 0 Å². The zero-order valence-electron chi connectivity index (χ0n) is 17.5. The summed E-state index contributed by atoms with van der Waals surface area (Å²) in [6.07, 6.45) is -3.04. The van der Waals surface area contributed by atoms with Crippen molar-refractivity contribution in [2.24, 2.45) is 0 Å². The lowest BCUT2D eigenvalue weighted by atomic mass is 9.97. The summed E-state index contributed by atoms with van der Waals surface area (Å²) in [6, 6.07) is 16.1. The van der Waals surface area contributed by atoms with Gasteiger partial charge in [-0.15, -0.1) is 0 Å². The topological polar surface area (TPSA) is 88.4 Å². The molecule has 6 heteroatoms. The molecule has 1 aliphatic heterocycles. The highest BCUT2D eigenvalue weighted by molar-refractivity contribution is 5.33. The second-order valence-electron chi connectivity index (χ2n) is 7.24. The first-order valence-corrected chi connectivity index (χ1v) is 9.84. The lowest BCUT2D eigenvalue weighted by molar-refractivity contribution is -0.211. The molecule has 0 radical (unpaired) electrons. The third-order valence-electron chi connectivity index (χ3n) is 4.94. The van der Waals surface area contributed by atoms with Gasteiger partial charge in [-0.05, 0) is 44.5 Å². The molecule has 2 aromatic rings. The summed E-state index contributed by atoms with van der Waals surface area (Å²) in [5.74, 6) is 1.83. The first kappa shape index (κ1) is 23.2. The smallest absolute Gasteiger partial charge is 0.122 e. The van der Waals surface area contributed by atoms with Crippen LogP contribution in [-0.2, 0) is 11.2 Å². The fourth-order valence-corrected chi connectivity index (χ4v) is 3.08. The van der Waals surface area contributed by atoms with E-state index in [2.05, 4.69) is 25.1 Å². The van der Waals surface area contributed by atoms with E-state index >= 15 is 0 Å². The minimum Gasteiger partial charge on any atom is -0.496 e. The average Bonchev–Trinajstić information content (AvgIpc) is 2.73. The molecule has 0 aromatic heterocycles. The van der Waals surface area contributed by atoms with Gasteiger partial charge >= 0.3 is 0 Å². The Balaban J connectivity index is 0.000000234. The van der Waals surface area contributed by atoms with Gasteiger partial charge in [0, 0.05) is 6.42 Å². The zero-order chi connectivity index (χ0) is 21.4. The first-order chi connectivity index (χ1) is 13.8. The Hall–Kier alpha value is -2.12. The van der Waals surface area contributed by atoms with Crippen LogP contribution in [0.4, 0.5) is 0 Å². The molecule has 0 aliphatic carbocycles. The number of ether oxygens (including phenoxy) is 3. The van der Waals surface area contributed by atoms with Gasteiger partial charge < -0.3 is 29.5 Å². The number of hydrogen-bond donors (Lipinski definition) is 3. The quantitative estimate of drug-likeness (QED) is 0.710. The van der Waals surface area contributed by atoms with Crippen molar-refractivity contribution in [1.82, 2.24) is 0 Å². The molecule has 2 unspecified atom stereocenters. The van der Waals surface area contributed by atoms with Crippen molar-refractivity contribution in [2.75, 3.05) is 13.7 Å². The number of aryl methyl sites for hydroxylation is 1. The molecule has 3 rings (SSSR count). The molecular weight excluding hydrogens is 372 g/mol. The van der Waals surface area contributed by atoms with Crippen molar-refractivity contribution < 1.29 is 29.5 Å². The van der Waals surface area contributed by atoms with Crippen LogP contribution in [0.3, 0.4) is 0 Å². The van der Waals surface area contributed by atoms with Crippen LogP contribution in [0.2, 0.25) is 0 Å². The number of hydrogen-bond acceptors (Lipinski definition) is 6. The van der Waals surface area contributed by atoms with Crippen LogP contribution >= 0.6 is 0 Å². The van der Waals surface area contributed by atoms with Crippen LogP contribution in [0.5, 0.6) is 11.5 Å². The summed E-state index contributed by atoms with van der Waals surface area (Å²) in [4.78, 5) is 0. The Bertz CT molecular complexity index is 718. The lowest BCUT2D eigenvalue weighted by Gasteiger charge is -2.37. The van der Waals surface area contributed by atoms with Gasteiger partial charge in [-0.25, -0.2) is 0 Å². The fraction of sp³-hybridized carbons (Fsp3) is 0.478. The highest BCUT2D eigenvalue weighted by Gasteiger charge is 2.39. The number of para-hydroxylation sites is 1. The number of aliphatic hydroxyl groups excluding tert-OH is 3. The van der Waals surface area contributed by atoms with Gasteiger partial charge in [-0.1, -0.05) is 35.9 Å². The van der Waals surface area contributed by atoms with Crippen LogP contribution in [0.15, 0.2) is 48.5 Å². The van der Waals surface area contributed by atoms with Gasteiger partial charge in [-0.2, -0.15) is 0 Å². The fourth-order valence-electron chi connectivity index (χ4n) is 3.08. The number of benzene rings is 2. The SMILES string of the molecule is CC1O[C@@H](C)[C@H](O)C(O)[C@H]1O.COc1ccccc1CCOc1ccc(C)cc1. The highest BCUT2D eigenvalue weighted by atomic mass is 16.5. The molecule has 1 aliphatic rings. The third kappa shape index (κ3) is 6.72. The van der Waals surface area contributed by atoms with Crippen molar-refractivity contribution in [3.05, 3.63) is 59.7 Å². The standard InChI is InChI=1S/C16H18O2.C7H14O4/c1-13-7-9-15(10-8-13)18-12-11-14-5-3-4-6-16(14)17-2;1-3-5(8)7(10)6(9)4(2)11-3/h3-10H,11-12H2,1-2H3;3-10H,1-2H3/t;3-,4?,5-,6-,7?/m.0/s1. The monoisotopic (exact) mass is 404 g/mol. The van der Waals surface area contributed by atoms with E-state index < -0.39 is 30.5 Å². The molecular formula is C23H32O6. The Morgan fingerprint density at radius 3 is 2.03 bits per heavy atom. The van der Waals surface area contributed by atoms with E-state index in [4.69, 9.17) is 14.2 Å². The number of aliphatic hydroxyl groups is 3. The summed E-state index contributed by atoms with van der Waals surface area (Å²) in [5, 5.41) is 27.6. The van der Waals surface area contributed by atoms with E-state index in [1.165, 1.54) is 11.1 Å². The molecule has 160 valence electrons. The van der Waals surface area contributed by atoms with Gasteiger partial charge in [-0.3, -0.25) is 0 Å². The largest absolute Gasteiger partial charge is 0.496 e. The molecule has 0 bridgehead atoms. The van der Waals surface area contributed by atoms with Crippen LogP contribution in [0.25, 0.3) is 0 Å². The van der Waals surface area contributed by atoms with E-state index in [-0.39, 0.29) is 0 Å². The first-order valence-electron chi connectivity index (χ1n) is 9.84. The predicted molar refractivity (Wildman–Crippen MR) is 111 cm³/mol. The molecule has 2 aromatic carbocycles. The second kappa shape index (κ2) is 11.2. The summed E-state index contributed by atoms with van der Waals surface area (Å²) in [7, 11) is 1.69. The van der Waals surface area contributed by atoms with E-state index in [0.29, 0.717) is 6.61 Å². The average molecular weight is 405 g/mol. The minimum absolute atomic E-state index is 0.414. The third-order valence-corrected chi connectivity index (χ3v) is 4.94. The molecule has 0 spiro atoms. The van der Waals surface area contributed by atoms with Gasteiger partial charge in [0.05, 0.1) is 25.9 Å². The Morgan fingerprint density at radius 2 is 1.45 bits per heavy atom. The minimum atomic E-state index is -1.09. The molecule has 0 amide bonds. The molecule has 1 saturated heterocycles. The Morgan fingerprint density at radius 1 is 0.862 bits per heavy atom. The van der Waals surface area contributed by atoms with Gasteiger partial charge in [0.2, 0.25) is 0 Å². The van der Waals surface area contributed by atoms with Crippen LogP contribution < -0.4 is 9.47 Å². The lowest BCUT2D eigenvalue weighted by Crippen LogP contribution is -2.55. The van der Waals surface area contributed by atoms with E-state index in [1.807, 2.05) is 30.3 Å². The molecule has 29 heavy (non-hydrogen) atoms. The number of methoxy groups -OCH3 is 1. The van der Waals surface area contributed by atoms with Crippen molar-refractivity contribution in [1.29, 1.82) is 0 Å². The Kier molecular flexibility index (Phi) is 8.92. The van der Waals surface area contributed by atoms with Crippen molar-refractivity contribution in [2.45, 2.75) is 57.7 Å². The van der Waals surface area contributed by atoms with E-state index in [9.17, 15) is 15.3 Å². The maximum Gasteiger partial charge on any atom is 0.122 e. The van der Waals surface area contributed by atoms with Crippen molar-refractivity contribution >= 4 is 0 Å². The highest BCUT2D eigenvalue weighted by Crippen LogP contribution is 2.20. The molecule has 6 nitrogen and oxygen atoms in total. The number of rotatable bonds is 5. The maximum atomic E-state index is 9.21. The summed E-state index contributed by atoms with van der Waals surface area (Å²) in [5.41, 5.74) is 2.42. The second-order valence-corrected chi connectivity index (χ2v) is 7.24. The van der Waals surface area contributed by atoms with Gasteiger partial charge in [0.15, 0.2) is 0 Å². The molecule has 5 atom stereocenters. The molecule has 1 fully saturated rings. The maximum absolute atomic E-state index is 9.21. The van der Waals surface area contributed by atoms with Crippen molar-refractivity contribution in [3.63, 3.8) is 0 Å². The zero-order valence-corrected chi connectivity index (χ0v) is 17.5. The normalized spacial score (nSPS) is 26.2. The van der Waals surface area contributed by atoms with Crippen molar-refractivity contribution in [3.8, 4) is 11.5 Å². The van der Waals surface area contributed by atoms with Gasteiger partial charge in [0.1, 0.15) is 29.8 Å². The van der Waals surface area contributed by atoms with Crippen LogP contribution in [-0.4, -0.2) is 59.6 Å². The molecule has 1 heterocycles. The summed E-state index contributed by atoms with van der Waals surface area (Å²) < 4.78 is 16.1. The molecule has 0 saturated carbocycles. The van der Waals surface area contributed by atoms with Crippen LogP contribution in [0, 0.1) is 6.92 Å². The predicted octanol–water partition coefficient (Wildman–Crippen LogP) is 2.50. The van der Waals surface area contributed by atoms with E-state index in [0.717, 1.165) is 17.9 Å². The van der Waals surface area contributed by atoms with Crippen LogP contribution in [0.1, 0.15) is 25.0 Å². The summed E-state index contributed by atoms with van der Waals surface area (Å²) >= 11 is 0. The van der Waals surface area contributed by atoms with E-state index in [1.54, 1.807) is 21.0 Å². The Labute approximate surface area is 172 Å². The molecule has 3 N–H and O–H groups in total. The summed E-state index contributed by atoms with van der Waals surface area (Å²) in [6.45, 7) is 6.05.